The number of nitrogen functional groups attached to an aromatic ring is 1. The van der Waals surface area contributed by atoms with Gasteiger partial charge >= 0.3 is 0 Å². The molecule has 0 spiro atoms. The monoisotopic (exact) mass is 464 g/mol. The third kappa shape index (κ3) is 3.93. The molecule has 3 aromatic heterocycles. The lowest BCUT2D eigenvalue weighted by atomic mass is 10.1. The van der Waals surface area contributed by atoms with Gasteiger partial charge in [0.05, 0.1) is 36.1 Å². The average molecular weight is 464 g/mol. The second-order valence-corrected chi connectivity index (χ2v) is 7.75. The second kappa shape index (κ2) is 8.53. The Morgan fingerprint density at radius 3 is 2.94 bits per heavy atom. The van der Waals surface area contributed by atoms with Crippen LogP contribution in [-0.4, -0.2) is 66.9 Å². The van der Waals surface area contributed by atoms with Crippen molar-refractivity contribution in [3.63, 3.8) is 0 Å². The zero-order chi connectivity index (χ0) is 23.8. The number of nitrogens with two attached hydrogens (primary N) is 1. The Balaban J connectivity index is 1.33. The summed E-state index contributed by atoms with van der Waals surface area (Å²) in [6.07, 6.45) is 1.09. The van der Waals surface area contributed by atoms with Crippen molar-refractivity contribution in [2.75, 3.05) is 22.5 Å². The Bertz CT molecular complexity index is 1350. The number of anilines is 3. The van der Waals surface area contributed by atoms with Gasteiger partial charge in [-0.2, -0.15) is 10.2 Å². The van der Waals surface area contributed by atoms with Crippen LogP contribution < -0.4 is 16.0 Å². The number of aliphatic hydroxyl groups excluding tert-OH is 1. The number of hydrogen-bond donors (Lipinski definition) is 3. The molecule has 4 N–H and O–H groups in total. The van der Waals surface area contributed by atoms with Crippen molar-refractivity contribution in [1.82, 2.24) is 25.1 Å². The Labute approximate surface area is 192 Å². The number of rotatable bonds is 5. The van der Waals surface area contributed by atoms with Crippen LogP contribution in [0, 0.1) is 0 Å². The predicted octanol–water partition coefficient (Wildman–Crippen LogP) is 0.506. The summed E-state index contributed by atoms with van der Waals surface area (Å²) in [6.45, 7) is 1.95. The van der Waals surface area contributed by atoms with Crippen molar-refractivity contribution < 1.29 is 24.0 Å². The van der Waals surface area contributed by atoms with E-state index in [1.807, 2.05) is 0 Å². The molecule has 5 rings (SSSR count). The molecular formula is C21H20N8O5. The van der Waals surface area contributed by atoms with Crippen LogP contribution in [0.5, 0.6) is 0 Å². The van der Waals surface area contributed by atoms with E-state index in [1.54, 1.807) is 42.1 Å². The molecule has 2 amide bonds. The standard InChI is InChI=1S/C21H20N8O5/c1-11-10-28(16-5-7-29(26-16)13-4-6-23-24-9-13)21(32)18(33-11)17(30)20(31)25-12-2-3-14-15(8-12)34-27-19(14)22/h2-9,11,17-18,30H,10H2,1H3,(H2,22,27)(H,25,31)/t11-,17+,18+/m0/s1. The van der Waals surface area contributed by atoms with Gasteiger partial charge in [-0.3, -0.25) is 14.5 Å². The summed E-state index contributed by atoms with van der Waals surface area (Å²) < 4.78 is 12.3. The van der Waals surface area contributed by atoms with Crippen LogP contribution in [0.2, 0.25) is 0 Å². The van der Waals surface area contributed by atoms with Gasteiger partial charge in [0.2, 0.25) is 0 Å². The molecular weight excluding hydrogens is 444 g/mol. The fraction of sp³-hybridized carbons (Fsp3) is 0.238. The summed E-state index contributed by atoms with van der Waals surface area (Å²) in [5.74, 6) is -0.821. The Morgan fingerprint density at radius 2 is 2.15 bits per heavy atom. The van der Waals surface area contributed by atoms with Gasteiger partial charge in [-0.05, 0) is 25.1 Å². The molecule has 0 saturated carbocycles. The summed E-state index contributed by atoms with van der Waals surface area (Å²) in [6, 6.07) is 8.10. The van der Waals surface area contributed by atoms with Crippen molar-refractivity contribution in [2.45, 2.75) is 25.2 Å². The van der Waals surface area contributed by atoms with E-state index in [-0.39, 0.29) is 12.4 Å². The number of amides is 2. The molecule has 1 aromatic carbocycles. The van der Waals surface area contributed by atoms with Gasteiger partial charge in [0.1, 0.15) is 0 Å². The van der Waals surface area contributed by atoms with Gasteiger partial charge in [-0.15, -0.1) is 5.10 Å². The normalized spacial score (nSPS) is 19.4. The van der Waals surface area contributed by atoms with Gasteiger partial charge in [0, 0.05) is 24.0 Å². The number of nitrogens with zero attached hydrogens (tertiary/aromatic N) is 6. The van der Waals surface area contributed by atoms with Crippen LogP contribution in [-0.2, 0) is 14.3 Å². The minimum Gasteiger partial charge on any atom is -0.380 e. The molecule has 34 heavy (non-hydrogen) atoms. The quantitative estimate of drug-likeness (QED) is 0.377. The number of fused-ring (bicyclic) bond motifs is 1. The van der Waals surface area contributed by atoms with Crippen molar-refractivity contribution in [3.8, 4) is 5.69 Å². The highest BCUT2D eigenvalue weighted by atomic mass is 16.5. The van der Waals surface area contributed by atoms with E-state index in [0.29, 0.717) is 28.2 Å². The Morgan fingerprint density at radius 1 is 1.29 bits per heavy atom. The molecule has 3 atom stereocenters. The van der Waals surface area contributed by atoms with Crippen LogP contribution in [0.3, 0.4) is 0 Å². The average Bonchev–Trinajstić information content (AvgIpc) is 3.47. The van der Waals surface area contributed by atoms with E-state index in [0.717, 1.165) is 0 Å². The number of carbonyl (C=O) groups excluding carboxylic acids is 2. The summed E-state index contributed by atoms with van der Waals surface area (Å²) in [4.78, 5) is 27.2. The zero-order valence-electron chi connectivity index (χ0n) is 17.9. The number of ether oxygens (including phenoxy) is 1. The van der Waals surface area contributed by atoms with Gasteiger partial charge in [0.25, 0.3) is 11.8 Å². The first-order chi connectivity index (χ1) is 16.4. The molecule has 0 unspecified atom stereocenters. The van der Waals surface area contributed by atoms with Crippen LogP contribution in [0.1, 0.15) is 6.92 Å². The smallest absolute Gasteiger partial charge is 0.260 e. The van der Waals surface area contributed by atoms with E-state index in [9.17, 15) is 14.7 Å². The number of nitrogens with one attached hydrogen (secondary N) is 1. The van der Waals surface area contributed by atoms with E-state index in [4.69, 9.17) is 15.0 Å². The fourth-order valence-electron chi connectivity index (χ4n) is 3.68. The van der Waals surface area contributed by atoms with E-state index >= 15 is 0 Å². The minimum atomic E-state index is -1.76. The minimum absolute atomic E-state index is 0.207. The summed E-state index contributed by atoms with van der Waals surface area (Å²) in [5.41, 5.74) is 7.07. The topological polar surface area (TPSA) is 175 Å². The zero-order valence-corrected chi connectivity index (χ0v) is 17.9. The fourth-order valence-corrected chi connectivity index (χ4v) is 3.68. The van der Waals surface area contributed by atoms with Crippen molar-refractivity contribution in [2.24, 2.45) is 0 Å². The summed E-state index contributed by atoms with van der Waals surface area (Å²) in [7, 11) is 0. The molecule has 13 nitrogen and oxygen atoms in total. The predicted molar refractivity (Wildman–Crippen MR) is 119 cm³/mol. The first-order valence-electron chi connectivity index (χ1n) is 10.3. The highest BCUT2D eigenvalue weighted by molar-refractivity contribution is 6.04. The van der Waals surface area contributed by atoms with E-state index in [2.05, 4.69) is 25.8 Å². The van der Waals surface area contributed by atoms with Crippen molar-refractivity contribution in [1.29, 1.82) is 0 Å². The van der Waals surface area contributed by atoms with Crippen LogP contribution in [0.15, 0.2) is 53.4 Å². The SMILES string of the molecule is C[C@H]1CN(c2ccn(-c3ccnnc3)n2)C(=O)[C@@H]([C@@H](O)C(=O)Nc2ccc3c(N)noc3c2)O1. The van der Waals surface area contributed by atoms with Crippen molar-refractivity contribution >= 4 is 40.1 Å². The molecule has 0 aliphatic carbocycles. The molecule has 174 valence electrons. The van der Waals surface area contributed by atoms with Crippen molar-refractivity contribution in [3.05, 3.63) is 48.9 Å². The van der Waals surface area contributed by atoms with Gasteiger partial charge in [-0.1, -0.05) is 5.16 Å². The summed E-state index contributed by atoms with van der Waals surface area (Å²) >= 11 is 0. The first-order valence-corrected chi connectivity index (χ1v) is 10.3. The lowest BCUT2D eigenvalue weighted by molar-refractivity contribution is -0.156. The lowest BCUT2D eigenvalue weighted by Gasteiger charge is -2.36. The largest absolute Gasteiger partial charge is 0.380 e. The number of carbonyl (C=O) groups is 2. The molecule has 13 heteroatoms. The Hall–Kier alpha value is -4.36. The second-order valence-electron chi connectivity index (χ2n) is 7.75. The van der Waals surface area contributed by atoms with Gasteiger partial charge in [-0.25, -0.2) is 4.68 Å². The third-order valence-corrected chi connectivity index (χ3v) is 5.34. The molecule has 1 saturated heterocycles. The maximum Gasteiger partial charge on any atom is 0.260 e. The third-order valence-electron chi connectivity index (χ3n) is 5.34. The lowest BCUT2D eigenvalue weighted by Crippen LogP contribution is -2.58. The van der Waals surface area contributed by atoms with Crippen LogP contribution in [0.25, 0.3) is 16.7 Å². The number of morpholine rings is 1. The number of aromatic nitrogens is 5. The molecule has 4 heterocycles. The molecule has 4 aromatic rings. The van der Waals surface area contributed by atoms with Gasteiger partial charge in [0.15, 0.2) is 29.4 Å². The van der Waals surface area contributed by atoms with Crippen LogP contribution >= 0.6 is 0 Å². The first kappa shape index (κ1) is 21.5. The number of aliphatic hydroxyl groups is 1. The van der Waals surface area contributed by atoms with E-state index < -0.39 is 30.1 Å². The highest BCUT2D eigenvalue weighted by Crippen LogP contribution is 2.25. The number of benzene rings is 1. The molecule has 0 bridgehead atoms. The molecule has 1 aliphatic heterocycles. The molecule has 0 radical (unpaired) electrons. The highest BCUT2D eigenvalue weighted by Gasteiger charge is 2.42. The van der Waals surface area contributed by atoms with Crippen LogP contribution in [0.4, 0.5) is 17.3 Å². The summed E-state index contributed by atoms with van der Waals surface area (Å²) in [5, 5.41) is 29.4. The van der Waals surface area contributed by atoms with Gasteiger partial charge < -0.3 is 25.4 Å². The maximum absolute atomic E-state index is 13.1. The number of hydrogen-bond acceptors (Lipinski definition) is 10. The Kier molecular flexibility index (Phi) is 5.39. The molecule has 1 aliphatic rings. The maximum atomic E-state index is 13.1. The van der Waals surface area contributed by atoms with E-state index in [1.165, 1.54) is 23.4 Å². The molecule has 1 fully saturated rings.